The normalized spacial score (nSPS) is 23.6. The molecule has 4 heteroatoms. The van der Waals surface area contributed by atoms with Crippen LogP contribution in [0.4, 0.5) is 10.1 Å². The van der Waals surface area contributed by atoms with Crippen LogP contribution in [0.15, 0.2) is 18.2 Å². The molecule has 1 aromatic carbocycles. The number of benzene rings is 1. The van der Waals surface area contributed by atoms with Crippen molar-refractivity contribution < 1.29 is 4.39 Å². The Morgan fingerprint density at radius 1 is 1.29 bits per heavy atom. The van der Waals surface area contributed by atoms with Gasteiger partial charge in [0.25, 0.3) is 0 Å². The maximum atomic E-state index is 14.4. The number of hydrogen-bond acceptors (Lipinski definition) is 3. The molecule has 2 fully saturated rings. The number of piperazine rings is 1. The molecule has 1 N–H and O–H groups in total. The lowest BCUT2D eigenvalue weighted by atomic mass is 10.1. The smallest absolute Gasteiger partial charge is 0.146 e. The minimum atomic E-state index is -0.0792. The van der Waals surface area contributed by atoms with Gasteiger partial charge in [-0.3, -0.25) is 4.90 Å². The lowest BCUT2D eigenvalue weighted by Gasteiger charge is -2.41. The molecule has 21 heavy (non-hydrogen) atoms. The van der Waals surface area contributed by atoms with Gasteiger partial charge in [0.2, 0.25) is 0 Å². The average Bonchev–Trinajstić information content (AvgIpc) is 3.30. The zero-order valence-corrected chi connectivity index (χ0v) is 13.1. The van der Waals surface area contributed by atoms with Crippen molar-refractivity contribution in [2.24, 2.45) is 0 Å². The van der Waals surface area contributed by atoms with E-state index >= 15 is 0 Å². The van der Waals surface area contributed by atoms with E-state index in [-0.39, 0.29) is 5.82 Å². The number of rotatable bonds is 5. The molecule has 2 aliphatic rings. The summed E-state index contributed by atoms with van der Waals surface area (Å²) in [5.41, 5.74) is 1.92. The average molecular weight is 291 g/mol. The fourth-order valence-electron chi connectivity index (χ4n) is 3.19. The van der Waals surface area contributed by atoms with Gasteiger partial charge in [0, 0.05) is 38.3 Å². The van der Waals surface area contributed by atoms with E-state index in [4.69, 9.17) is 0 Å². The molecule has 1 unspecified atom stereocenters. The third-order valence-corrected chi connectivity index (χ3v) is 4.79. The fourth-order valence-corrected chi connectivity index (χ4v) is 3.19. The van der Waals surface area contributed by atoms with E-state index in [2.05, 4.69) is 35.2 Å². The lowest BCUT2D eigenvalue weighted by molar-refractivity contribution is 0.212. The van der Waals surface area contributed by atoms with Gasteiger partial charge < -0.3 is 10.2 Å². The SMILES string of the molecule is CCC1CN(c2c(F)cccc2CNC2CC2)CCN1C. The van der Waals surface area contributed by atoms with Gasteiger partial charge in [0.15, 0.2) is 0 Å². The first kappa shape index (κ1) is 14.8. The van der Waals surface area contributed by atoms with Crippen LogP contribution < -0.4 is 10.2 Å². The van der Waals surface area contributed by atoms with Crippen LogP contribution in [-0.2, 0) is 6.54 Å². The molecule has 116 valence electrons. The molecule has 1 saturated carbocycles. The second kappa shape index (κ2) is 6.32. The highest BCUT2D eigenvalue weighted by molar-refractivity contribution is 5.55. The van der Waals surface area contributed by atoms with Crippen LogP contribution in [0.5, 0.6) is 0 Å². The summed E-state index contributed by atoms with van der Waals surface area (Å²) in [6.45, 7) is 5.82. The van der Waals surface area contributed by atoms with Crippen LogP contribution >= 0.6 is 0 Å². The first-order valence-corrected chi connectivity index (χ1v) is 8.15. The van der Waals surface area contributed by atoms with E-state index in [9.17, 15) is 4.39 Å². The summed E-state index contributed by atoms with van der Waals surface area (Å²) in [6.07, 6.45) is 3.63. The number of anilines is 1. The van der Waals surface area contributed by atoms with Crippen LogP contribution in [-0.4, -0.2) is 43.7 Å². The topological polar surface area (TPSA) is 18.5 Å². The van der Waals surface area contributed by atoms with Gasteiger partial charge in [0.1, 0.15) is 5.82 Å². The standard InChI is InChI=1S/C17H26FN3/c1-3-15-12-21(10-9-20(15)2)17-13(5-4-6-16(17)18)11-19-14-7-8-14/h4-6,14-15,19H,3,7-12H2,1-2H3. The molecule has 3 nitrogen and oxygen atoms in total. The Kier molecular flexibility index (Phi) is 4.45. The molecular formula is C17H26FN3. The third-order valence-electron chi connectivity index (χ3n) is 4.79. The van der Waals surface area contributed by atoms with Gasteiger partial charge in [-0.25, -0.2) is 4.39 Å². The third kappa shape index (κ3) is 3.38. The molecule has 0 amide bonds. The van der Waals surface area contributed by atoms with Crippen molar-refractivity contribution in [2.75, 3.05) is 31.6 Å². The zero-order valence-electron chi connectivity index (χ0n) is 13.1. The molecule has 1 saturated heterocycles. The summed E-state index contributed by atoms with van der Waals surface area (Å²) in [5.74, 6) is -0.0792. The van der Waals surface area contributed by atoms with Crippen molar-refractivity contribution in [1.82, 2.24) is 10.2 Å². The van der Waals surface area contributed by atoms with E-state index in [1.54, 1.807) is 6.07 Å². The zero-order chi connectivity index (χ0) is 14.8. The summed E-state index contributed by atoms with van der Waals surface area (Å²) in [6, 6.07) is 6.65. The molecule has 1 heterocycles. The highest BCUT2D eigenvalue weighted by Gasteiger charge is 2.27. The molecule has 1 aliphatic carbocycles. The van der Waals surface area contributed by atoms with Gasteiger partial charge >= 0.3 is 0 Å². The molecular weight excluding hydrogens is 265 g/mol. The van der Waals surface area contributed by atoms with Crippen LogP contribution in [0.2, 0.25) is 0 Å². The molecule has 0 bridgehead atoms. The Hall–Kier alpha value is -1.13. The first-order chi connectivity index (χ1) is 10.2. The number of para-hydroxylation sites is 1. The number of likely N-dealkylation sites (N-methyl/N-ethyl adjacent to an activating group) is 1. The van der Waals surface area contributed by atoms with Gasteiger partial charge in [-0.15, -0.1) is 0 Å². The molecule has 0 spiro atoms. The Morgan fingerprint density at radius 3 is 2.81 bits per heavy atom. The second-order valence-electron chi connectivity index (χ2n) is 6.39. The number of halogens is 1. The van der Waals surface area contributed by atoms with E-state index in [0.717, 1.165) is 43.9 Å². The summed E-state index contributed by atoms with van der Waals surface area (Å²) in [7, 11) is 2.17. The molecule has 0 aromatic heterocycles. The molecule has 1 aromatic rings. The van der Waals surface area contributed by atoms with Gasteiger partial charge in [-0.2, -0.15) is 0 Å². The van der Waals surface area contributed by atoms with Crippen molar-refractivity contribution in [1.29, 1.82) is 0 Å². The van der Waals surface area contributed by atoms with Gasteiger partial charge in [-0.1, -0.05) is 19.1 Å². The first-order valence-electron chi connectivity index (χ1n) is 8.15. The number of nitrogens with one attached hydrogen (secondary N) is 1. The van der Waals surface area contributed by atoms with Crippen molar-refractivity contribution in [2.45, 2.75) is 44.8 Å². The van der Waals surface area contributed by atoms with Crippen molar-refractivity contribution >= 4 is 5.69 Å². The van der Waals surface area contributed by atoms with Gasteiger partial charge in [0.05, 0.1) is 5.69 Å². The van der Waals surface area contributed by atoms with Crippen LogP contribution in [0, 0.1) is 5.82 Å². The molecule has 3 rings (SSSR count). The van der Waals surface area contributed by atoms with Crippen LogP contribution in [0.25, 0.3) is 0 Å². The van der Waals surface area contributed by atoms with Crippen molar-refractivity contribution in [3.05, 3.63) is 29.6 Å². The summed E-state index contributed by atoms with van der Waals surface area (Å²) in [5, 5.41) is 3.51. The number of hydrogen-bond donors (Lipinski definition) is 1. The van der Waals surface area contributed by atoms with Crippen molar-refractivity contribution in [3.63, 3.8) is 0 Å². The summed E-state index contributed by atoms with van der Waals surface area (Å²) >= 11 is 0. The van der Waals surface area contributed by atoms with Crippen LogP contribution in [0.3, 0.4) is 0 Å². The maximum absolute atomic E-state index is 14.4. The Bertz CT molecular complexity index is 487. The fraction of sp³-hybridized carbons (Fsp3) is 0.647. The summed E-state index contributed by atoms with van der Waals surface area (Å²) in [4.78, 5) is 4.63. The Balaban J connectivity index is 1.78. The Labute approximate surface area is 127 Å². The summed E-state index contributed by atoms with van der Waals surface area (Å²) < 4.78 is 14.4. The highest BCUT2D eigenvalue weighted by atomic mass is 19.1. The second-order valence-corrected chi connectivity index (χ2v) is 6.39. The van der Waals surface area contributed by atoms with E-state index in [1.165, 1.54) is 12.8 Å². The predicted octanol–water partition coefficient (Wildman–Crippen LogP) is 2.61. The molecule has 1 aliphatic heterocycles. The van der Waals surface area contributed by atoms with Crippen LogP contribution in [0.1, 0.15) is 31.7 Å². The number of nitrogens with zero attached hydrogens (tertiary/aromatic N) is 2. The van der Waals surface area contributed by atoms with E-state index in [0.29, 0.717) is 12.1 Å². The molecule has 1 atom stereocenters. The van der Waals surface area contributed by atoms with E-state index < -0.39 is 0 Å². The van der Waals surface area contributed by atoms with Gasteiger partial charge in [-0.05, 0) is 37.9 Å². The van der Waals surface area contributed by atoms with E-state index in [1.807, 2.05) is 6.07 Å². The largest absolute Gasteiger partial charge is 0.366 e. The lowest BCUT2D eigenvalue weighted by Crippen LogP contribution is -2.51. The Morgan fingerprint density at radius 2 is 2.10 bits per heavy atom. The quantitative estimate of drug-likeness (QED) is 0.899. The minimum Gasteiger partial charge on any atom is -0.366 e. The maximum Gasteiger partial charge on any atom is 0.146 e. The monoisotopic (exact) mass is 291 g/mol. The minimum absolute atomic E-state index is 0.0792. The highest BCUT2D eigenvalue weighted by Crippen LogP contribution is 2.28. The predicted molar refractivity (Wildman–Crippen MR) is 85.2 cm³/mol. The van der Waals surface area contributed by atoms with Crippen molar-refractivity contribution in [3.8, 4) is 0 Å². The molecule has 0 radical (unpaired) electrons.